The lowest BCUT2D eigenvalue weighted by molar-refractivity contribution is -0.193. The second-order valence-corrected chi connectivity index (χ2v) is 16.0. The van der Waals surface area contributed by atoms with Gasteiger partial charge in [0.15, 0.2) is 5.54 Å². The van der Waals surface area contributed by atoms with Crippen LogP contribution in [0.2, 0.25) is 0 Å². The summed E-state index contributed by atoms with van der Waals surface area (Å²) in [4.78, 5) is 18.4. The Hall–Kier alpha value is -3.45. The number of nitrogens with zero attached hydrogens (tertiary/aromatic N) is 1. The molecule has 4 bridgehead atoms. The van der Waals surface area contributed by atoms with Gasteiger partial charge in [-0.2, -0.15) is 0 Å². The molecule has 1 aliphatic heterocycles. The third-order valence-corrected chi connectivity index (χ3v) is 12.4. The standard InChI is InChI=1S/C43H47BrN2O3/c44-37-18-16-34(17-19-37)39(27-40(35-10-4-1-5-11-35)46-20-22-48-23-21-46)43(36-12-6-2-7-13-36,45-38-14-8-3-9-15-38)41(47)49-42-28-31-24-32(29-42)26-33(25-31)30-42/h1-19,31-33,39-40,45H,20-30H2/t31?,32?,33?,39-,40+,42?,43-/m0/s1. The topological polar surface area (TPSA) is 50.8 Å². The van der Waals surface area contributed by atoms with Gasteiger partial charge in [0.1, 0.15) is 5.60 Å². The molecular weight excluding hydrogens is 672 g/mol. The Kier molecular flexibility index (Phi) is 9.39. The number of para-hydroxylation sites is 1. The molecule has 3 atom stereocenters. The van der Waals surface area contributed by atoms with Crippen molar-refractivity contribution >= 4 is 27.6 Å². The molecule has 6 heteroatoms. The third kappa shape index (κ3) is 6.72. The third-order valence-electron chi connectivity index (χ3n) is 11.9. The van der Waals surface area contributed by atoms with Gasteiger partial charge in [0, 0.05) is 35.2 Å². The number of ether oxygens (including phenoxy) is 2. The predicted molar refractivity (Wildman–Crippen MR) is 198 cm³/mol. The minimum Gasteiger partial charge on any atom is -0.457 e. The van der Waals surface area contributed by atoms with Crippen LogP contribution in [0.15, 0.2) is 120 Å². The highest BCUT2D eigenvalue weighted by Crippen LogP contribution is 2.58. The molecule has 4 aliphatic carbocycles. The summed E-state index contributed by atoms with van der Waals surface area (Å²) in [6.07, 6.45) is 7.56. The van der Waals surface area contributed by atoms with E-state index in [1.54, 1.807) is 0 Å². The molecule has 9 rings (SSSR count). The predicted octanol–water partition coefficient (Wildman–Crippen LogP) is 9.52. The van der Waals surface area contributed by atoms with Gasteiger partial charge in [0.05, 0.1) is 13.2 Å². The van der Waals surface area contributed by atoms with Crippen LogP contribution in [0.1, 0.15) is 73.6 Å². The molecule has 0 radical (unpaired) electrons. The van der Waals surface area contributed by atoms with Crippen molar-refractivity contribution in [2.75, 3.05) is 31.6 Å². The maximum Gasteiger partial charge on any atom is 0.337 e. The monoisotopic (exact) mass is 718 g/mol. The van der Waals surface area contributed by atoms with E-state index in [2.05, 4.69) is 117 Å². The van der Waals surface area contributed by atoms with E-state index in [1.165, 1.54) is 24.8 Å². The molecule has 0 unspecified atom stereocenters. The van der Waals surface area contributed by atoms with Gasteiger partial charge in [-0.1, -0.05) is 107 Å². The second kappa shape index (κ2) is 14.0. The van der Waals surface area contributed by atoms with Crippen molar-refractivity contribution in [3.63, 3.8) is 0 Å². The van der Waals surface area contributed by atoms with E-state index in [1.807, 2.05) is 24.3 Å². The number of nitrogens with one attached hydrogen (secondary N) is 1. The van der Waals surface area contributed by atoms with E-state index in [0.717, 1.165) is 53.6 Å². The van der Waals surface area contributed by atoms with E-state index in [4.69, 9.17) is 9.47 Å². The molecule has 254 valence electrons. The SMILES string of the molecule is O=C(OC12CC3CC(CC(C3)C1)C2)[C@](Nc1ccccc1)(c1ccccc1)[C@@H](C[C@H](c1ccccc1)N1CCOCC1)c1ccc(Br)cc1. The van der Waals surface area contributed by atoms with Crippen molar-refractivity contribution in [2.24, 2.45) is 17.8 Å². The summed E-state index contributed by atoms with van der Waals surface area (Å²) in [5.41, 5.74) is 2.58. The highest BCUT2D eigenvalue weighted by atomic mass is 79.9. The Morgan fingerprint density at radius 3 is 1.92 bits per heavy atom. The lowest BCUT2D eigenvalue weighted by atomic mass is 9.54. The summed E-state index contributed by atoms with van der Waals surface area (Å²) in [6, 6.07) is 40.1. The fraction of sp³-hybridized carbons (Fsp3) is 0.419. The molecule has 4 aromatic rings. The van der Waals surface area contributed by atoms with Crippen molar-refractivity contribution in [1.29, 1.82) is 0 Å². The van der Waals surface area contributed by atoms with E-state index in [9.17, 15) is 0 Å². The van der Waals surface area contributed by atoms with E-state index in [0.29, 0.717) is 37.4 Å². The molecule has 5 aliphatic rings. The molecule has 0 spiro atoms. The number of benzene rings is 4. The quantitative estimate of drug-likeness (QED) is 0.157. The number of carbonyl (C=O) groups is 1. The second-order valence-electron chi connectivity index (χ2n) is 15.1. The van der Waals surface area contributed by atoms with Crippen LogP contribution in [0.4, 0.5) is 5.69 Å². The Bertz CT molecular complexity index is 1660. The largest absolute Gasteiger partial charge is 0.457 e. The Morgan fingerprint density at radius 2 is 1.33 bits per heavy atom. The summed E-state index contributed by atoms with van der Waals surface area (Å²) in [5.74, 6) is 1.55. The zero-order valence-electron chi connectivity index (χ0n) is 28.2. The maximum atomic E-state index is 15.8. The van der Waals surface area contributed by atoms with Crippen molar-refractivity contribution in [2.45, 2.75) is 68.0 Å². The number of carbonyl (C=O) groups excluding carboxylic acids is 1. The molecule has 5 nitrogen and oxygen atoms in total. The fourth-order valence-electron chi connectivity index (χ4n) is 10.1. The number of rotatable bonds is 11. The van der Waals surface area contributed by atoms with Crippen LogP contribution in [0.3, 0.4) is 0 Å². The molecular formula is C43H47BrN2O3. The number of anilines is 1. The van der Waals surface area contributed by atoms with Gasteiger partial charge in [-0.25, -0.2) is 4.79 Å². The minimum atomic E-state index is -1.21. The molecule has 5 fully saturated rings. The molecule has 0 aromatic heterocycles. The maximum absolute atomic E-state index is 15.8. The molecule has 4 saturated carbocycles. The van der Waals surface area contributed by atoms with Crippen LogP contribution in [0, 0.1) is 17.8 Å². The number of hydrogen-bond donors (Lipinski definition) is 1. The van der Waals surface area contributed by atoms with Crippen LogP contribution >= 0.6 is 15.9 Å². The lowest BCUT2D eigenvalue weighted by Crippen LogP contribution is -2.57. The van der Waals surface area contributed by atoms with Crippen molar-refractivity contribution in [3.8, 4) is 0 Å². The smallest absolute Gasteiger partial charge is 0.337 e. The molecule has 0 amide bonds. The minimum absolute atomic E-state index is 0.0618. The lowest BCUT2D eigenvalue weighted by Gasteiger charge is -2.56. The number of hydrogen-bond acceptors (Lipinski definition) is 5. The van der Waals surface area contributed by atoms with Crippen molar-refractivity contribution in [3.05, 3.63) is 136 Å². The van der Waals surface area contributed by atoms with E-state index >= 15 is 4.79 Å². The summed E-state index contributed by atoms with van der Waals surface area (Å²) in [5, 5.41) is 3.93. The zero-order chi connectivity index (χ0) is 33.3. The summed E-state index contributed by atoms with van der Waals surface area (Å²) in [7, 11) is 0. The van der Waals surface area contributed by atoms with Crippen LogP contribution in [0.5, 0.6) is 0 Å². The van der Waals surface area contributed by atoms with E-state index in [-0.39, 0.29) is 17.9 Å². The van der Waals surface area contributed by atoms with Crippen LogP contribution < -0.4 is 5.32 Å². The summed E-state index contributed by atoms with van der Waals surface area (Å²) < 4.78 is 14.0. The zero-order valence-corrected chi connectivity index (χ0v) is 29.8. The van der Waals surface area contributed by atoms with Gasteiger partial charge in [-0.15, -0.1) is 0 Å². The van der Waals surface area contributed by atoms with Crippen molar-refractivity contribution < 1.29 is 14.3 Å². The van der Waals surface area contributed by atoms with Gasteiger partial charge in [0.25, 0.3) is 0 Å². The highest BCUT2D eigenvalue weighted by Gasteiger charge is 2.57. The number of halogens is 1. The molecule has 1 N–H and O–H groups in total. The summed E-state index contributed by atoms with van der Waals surface area (Å²) in [6.45, 7) is 3.09. The van der Waals surface area contributed by atoms with Crippen LogP contribution in [-0.2, 0) is 19.8 Å². The average molecular weight is 720 g/mol. The molecule has 4 aromatic carbocycles. The first-order chi connectivity index (χ1) is 24.0. The number of morpholine rings is 1. The Labute approximate surface area is 299 Å². The van der Waals surface area contributed by atoms with Crippen LogP contribution in [0.25, 0.3) is 0 Å². The van der Waals surface area contributed by atoms with Gasteiger partial charge >= 0.3 is 5.97 Å². The molecule has 1 saturated heterocycles. The molecule has 1 heterocycles. The molecule has 49 heavy (non-hydrogen) atoms. The van der Waals surface area contributed by atoms with Gasteiger partial charge in [-0.05, 0) is 104 Å². The first-order valence-electron chi connectivity index (χ1n) is 18.2. The fourth-order valence-corrected chi connectivity index (χ4v) is 10.4. The Balaban J connectivity index is 1.31. The highest BCUT2D eigenvalue weighted by molar-refractivity contribution is 9.10. The first kappa shape index (κ1) is 32.7. The van der Waals surface area contributed by atoms with E-state index < -0.39 is 11.1 Å². The van der Waals surface area contributed by atoms with Gasteiger partial charge in [-0.3, -0.25) is 4.90 Å². The van der Waals surface area contributed by atoms with Gasteiger partial charge in [0.2, 0.25) is 0 Å². The Morgan fingerprint density at radius 1 is 0.776 bits per heavy atom. The first-order valence-corrected chi connectivity index (χ1v) is 19.0. The average Bonchev–Trinajstić information content (AvgIpc) is 3.12. The van der Waals surface area contributed by atoms with Crippen LogP contribution in [-0.4, -0.2) is 42.8 Å². The number of esters is 1. The van der Waals surface area contributed by atoms with Crippen molar-refractivity contribution in [1.82, 2.24) is 4.90 Å². The normalized spacial score (nSPS) is 27.2. The van der Waals surface area contributed by atoms with Gasteiger partial charge < -0.3 is 14.8 Å². The summed E-state index contributed by atoms with van der Waals surface area (Å²) >= 11 is 3.70.